The van der Waals surface area contributed by atoms with Crippen molar-refractivity contribution in [2.75, 3.05) is 11.9 Å². The first kappa shape index (κ1) is 14.8. The number of nitrogens with one attached hydrogen (secondary N) is 2. The van der Waals surface area contributed by atoms with Crippen molar-refractivity contribution in [2.24, 2.45) is 5.92 Å². The summed E-state index contributed by atoms with van der Waals surface area (Å²) < 4.78 is 13.5. The highest BCUT2D eigenvalue weighted by Gasteiger charge is 2.32. The van der Waals surface area contributed by atoms with E-state index in [1.54, 1.807) is 12.1 Å². The maximum absolute atomic E-state index is 13.5. The van der Waals surface area contributed by atoms with Gasteiger partial charge in [0.2, 0.25) is 0 Å². The van der Waals surface area contributed by atoms with Crippen molar-refractivity contribution in [3.05, 3.63) is 29.6 Å². The predicted octanol–water partition coefficient (Wildman–Crippen LogP) is 4.25. The molecule has 1 aliphatic carbocycles. The van der Waals surface area contributed by atoms with Crippen molar-refractivity contribution >= 4 is 5.69 Å². The zero-order chi connectivity index (χ0) is 14.7. The summed E-state index contributed by atoms with van der Waals surface area (Å²) in [6, 6.07) is 6.19. The molecular weight excluding hydrogens is 263 g/mol. The smallest absolute Gasteiger partial charge is 0.125 e. The highest BCUT2D eigenvalue weighted by Crippen LogP contribution is 2.33. The fraction of sp³-hybridized carbons (Fsp3) is 0.667. The van der Waals surface area contributed by atoms with Crippen LogP contribution in [0.2, 0.25) is 0 Å². The van der Waals surface area contributed by atoms with E-state index in [0.717, 1.165) is 17.8 Å². The van der Waals surface area contributed by atoms with Gasteiger partial charge in [0.15, 0.2) is 0 Å². The van der Waals surface area contributed by atoms with Crippen LogP contribution in [0.15, 0.2) is 18.2 Å². The second kappa shape index (κ2) is 6.78. The van der Waals surface area contributed by atoms with Gasteiger partial charge in [-0.1, -0.05) is 25.3 Å². The molecule has 1 saturated heterocycles. The number of benzene rings is 1. The van der Waals surface area contributed by atoms with E-state index in [2.05, 4.69) is 17.6 Å². The van der Waals surface area contributed by atoms with Gasteiger partial charge in [0.1, 0.15) is 5.82 Å². The summed E-state index contributed by atoms with van der Waals surface area (Å²) in [4.78, 5) is 0. The molecule has 116 valence electrons. The molecule has 0 radical (unpaired) electrons. The Morgan fingerprint density at radius 3 is 2.71 bits per heavy atom. The van der Waals surface area contributed by atoms with E-state index in [0.29, 0.717) is 18.0 Å². The average molecular weight is 290 g/mol. The van der Waals surface area contributed by atoms with Gasteiger partial charge in [0.25, 0.3) is 0 Å². The summed E-state index contributed by atoms with van der Waals surface area (Å²) in [6.07, 6.45) is 9.08. The van der Waals surface area contributed by atoms with Gasteiger partial charge in [-0.25, -0.2) is 4.39 Å². The molecule has 1 aliphatic heterocycles. The summed E-state index contributed by atoms with van der Waals surface area (Å²) in [7, 11) is 0. The number of aryl methyl sites for hydroxylation is 1. The molecule has 2 aliphatic rings. The second-order valence-electron chi connectivity index (χ2n) is 6.71. The van der Waals surface area contributed by atoms with Gasteiger partial charge in [0, 0.05) is 17.8 Å². The highest BCUT2D eigenvalue weighted by molar-refractivity contribution is 5.51. The van der Waals surface area contributed by atoms with Crippen molar-refractivity contribution in [1.29, 1.82) is 0 Å². The maximum Gasteiger partial charge on any atom is 0.125 e. The Morgan fingerprint density at radius 1 is 1.10 bits per heavy atom. The third-order valence-electron chi connectivity index (χ3n) is 5.23. The molecular formula is C18H27FN2. The predicted molar refractivity (Wildman–Crippen MR) is 86.1 cm³/mol. The average Bonchev–Trinajstić information content (AvgIpc) is 2.52. The molecule has 0 aromatic heterocycles. The molecule has 1 saturated carbocycles. The lowest BCUT2D eigenvalue weighted by molar-refractivity contribution is 0.217. The maximum atomic E-state index is 13.5. The van der Waals surface area contributed by atoms with Crippen LogP contribution >= 0.6 is 0 Å². The summed E-state index contributed by atoms with van der Waals surface area (Å²) in [5, 5.41) is 7.37. The molecule has 1 aromatic carbocycles. The lowest BCUT2D eigenvalue weighted by Gasteiger charge is -2.40. The third-order valence-corrected chi connectivity index (χ3v) is 5.23. The lowest BCUT2D eigenvalue weighted by atomic mass is 9.77. The van der Waals surface area contributed by atoms with Gasteiger partial charge in [-0.2, -0.15) is 0 Å². The number of anilines is 1. The van der Waals surface area contributed by atoms with Gasteiger partial charge in [0.05, 0.1) is 0 Å². The van der Waals surface area contributed by atoms with Gasteiger partial charge >= 0.3 is 0 Å². The minimum atomic E-state index is -0.147. The SMILES string of the molecule is Cc1ccc(F)cc1NC1CCCCC1C1CCCCN1. The Hall–Kier alpha value is -1.09. The van der Waals surface area contributed by atoms with Gasteiger partial charge in [-0.15, -0.1) is 0 Å². The van der Waals surface area contributed by atoms with Gasteiger partial charge in [-0.3, -0.25) is 0 Å². The molecule has 2 fully saturated rings. The molecule has 2 N–H and O–H groups in total. The molecule has 2 nitrogen and oxygen atoms in total. The fourth-order valence-corrected chi connectivity index (χ4v) is 4.01. The van der Waals surface area contributed by atoms with Crippen LogP contribution in [-0.2, 0) is 0 Å². The molecule has 1 aromatic rings. The molecule has 3 atom stereocenters. The number of piperidine rings is 1. The van der Waals surface area contributed by atoms with Crippen LogP contribution in [0.1, 0.15) is 50.5 Å². The van der Waals surface area contributed by atoms with Crippen molar-refractivity contribution < 1.29 is 4.39 Å². The van der Waals surface area contributed by atoms with Crippen LogP contribution in [0, 0.1) is 18.7 Å². The molecule has 21 heavy (non-hydrogen) atoms. The van der Waals surface area contributed by atoms with E-state index in [1.807, 2.05) is 6.07 Å². The van der Waals surface area contributed by atoms with E-state index < -0.39 is 0 Å². The Labute approximate surface area is 127 Å². The van der Waals surface area contributed by atoms with Crippen molar-refractivity contribution in [1.82, 2.24) is 5.32 Å². The third kappa shape index (κ3) is 3.57. The summed E-state index contributed by atoms with van der Waals surface area (Å²) in [6.45, 7) is 3.21. The van der Waals surface area contributed by atoms with Crippen molar-refractivity contribution in [3.8, 4) is 0 Å². The van der Waals surface area contributed by atoms with Gasteiger partial charge in [-0.05, 0) is 62.8 Å². The topological polar surface area (TPSA) is 24.1 Å². The Morgan fingerprint density at radius 2 is 1.90 bits per heavy atom. The fourth-order valence-electron chi connectivity index (χ4n) is 4.01. The van der Waals surface area contributed by atoms with Crippen LogP contribution in [0.5, 0.6) is 0 Å². The molecule has 3 unspecified atom stereocenters. The number of hydrogen-bond donors (Lipinski definition) is 2. The Balaban J connectivity index is 1.73. The van der Waals surface area contributed by atoms with E-state index in [9.17, 15) is 4.39 Å². The quantitative estimate of drug-likeness (QED) is 0.869. The van der Waals surface area contributed by atoms with E-state index in [1.165, 1.54) is 44.9 Å². The van der Waals surface area contributed by atoms with Crippen LogP contribution in [0.25, 0.3) is 0 Å². The normalized spacial score (nSPS) is 30.1. The van der Waals surface area contributed by atoms with Crippen LogP contribution in [0.4, 0.5) is 10.1 Å². The summed E-state index contributed by atoms with van der Waals surface area (Å²) >= 11 is 0. The number of rotatable bonds is 3. The largest absolute Gasteiger partial charge is 0.382 e. The zero-order valence-corrected chi connectivity index (χ0v) is 13.0. The Kier molecular flexibility index (Phi) is 4.79. The summed E-state index contributed by atoms with van der Waals surface area (Å²) in [5.74, 6) is 0.535. The van der Waals surface area contributed by atoms with Crippen LogP contribution in [-0.4, -0.2) is 18.6 Å². The molecule has 3 rings (SSSR count). The first-order valence-electron chi connectivity index (χ1n) is 8.50. The second-order valence-corrected chi connectivity index (χ2v) is 6.71. The zero-order valence-electron chi connectivity index (χ0n) is 13.0. The van der Waals surface area contributed by atoms with Crippen LogP contribution < -0.4 is 10.6 Å². The van der Waals surface area contributed by atoms with E-state index >= 15 is 0 Å². The molecule has 0 bridgehead atoms. The van der Waals surface area contributed by atoms with Crippen molar-refractivity contribution in [3.63, 3.8) is 0 Å². The molecule has 0 spiro atoms. The Bertz CT molecular complexity index is 468. The molecule has 0 amide bonds. The van der Waals surface area contributed by atoms with E-state index in [-0.39, 0.29) is 5.82 Å². The number of halogens is 1. The monoisotopic (exact) mass is 290 g/mol. The first-order chi connectivity index (χ1) is 10.2. The molecule has 1 heterocycles. The lowest BCUT2D eigenvalue weighted by Crippen LogP contribution is -2.48. The standard InChI is InChI=1S/C18H27FN2/c1-13-9-10-14(19)12-18(13)21-17-8-3-2-6-15(17)16-7-4-5-11-20-16/h9-10,12,15-17,20-21H,2-8,11H2,1H3. The minimum absolute atomic E-state index is 0.147. The van der Waals surface area contributed by atoms with E-state index in [4.69, 9.17) is 0 Å². The molecule has 3 heteroatoms. The summed E-state index contributed by atoms with van der Waals surface area (Å²) in [5.41, 5.74) is 2.11. The highest BCUT2D eigenvalue weighted by atomic mass is 19.1. The minimum Gasteiger partial charge on any atom is -0.382 e. The first-order valence-corrected chi connectivity index (χ1v) is 8.50. The van der Waals surface area contributed by atoms with Crippen LogP contribution in [0.3, 0.4) is 0 Å². The number of hydrogen-bond acceptors (Lipinski definition) is 2. The van der Waals surface area contributed by atoms with Gasteiger partial charge < -0.3 is 10.6 Å². The van der Waals surface area contributed by atoms with Crippen molar-refractivity contribution in [2.45, 2.75) is 64.0 Å².